The molecule has 2 aromatic rings. The Hall–Kier alpha value is -3.03. The average molecular weight is 352 g/mol. The highest BCUT2D eigenvalue weighted by Gasteiger charge is 2.38. The van der Waals surface area contributed by atoms with E-state index in [-0.39, 0.29) is 12.3 Å². The van der Waals surface area contributed by atoms with Crippen molar-refractivity contribution < 1.29 is 27.5 Å². The lowest BCUT2D eigenvalue weighted by atomic mass is 10.2. The second-order valence-electron chi connectivity index (χ2n) is 5.13. The fraction of sp³-hybridized carbons (Fsp3) is 0.176. The number of alkyl halides is 3. The van der Waals surface area contributed by atoms with Crippen LogP contribution in [0.5, 0.6) is 5.75 Å². The molecule has 0 fully saturated rings. The summed E-state index contributed by atoms with van der Waals surface area (Å²) >= 11 is 0. The van der Waals surface area contributed by atoms with Crippen molar-refractivity contribution in [3.8, 4) is 5.75 Å². The van der Waals surface area contributed by atoms with Crippen LogP contribution in [0.25, 0.3) is 0 Å². The molecule has 0 aliphatic rings. The Morgan fingerprint density at radius 3 is 2.08 bits per heavy atom. The van der Waals surface area contributed by atoms with Crippen LogP contribution >= 0.6 is 0 Å². The van der Waals surface area contributed by atoms with Crippen molar-refractivity contribution in [3.05, 3.63) is 54.1 Å². The molecule has 0 radical (unpaired) electrons. The number of amides is 2. The number of para-hydroxylation sites is 1. The lowest BCUT2D eigenvalue weighted by Gasteiger charge is -2.10. The van der Waals surface area contributed by atoms with E-state index in [1.807, 2.05) is 19.1 Å². The second kappa shape index (κ2) is 7.69. The largest absolute Gasteiger partial charge is 0.483 e. The van der Waals surface area contributed by atoms with E-state index in [1.165, 1.54) is 24.3 Å². The van der Waals surface area contributed by atoms with Crippen molar-refractivity contribution in [2.24, 2.45) is 0 Å². The zero-order chi connectivity index (χ0) is 18.4. The van der Waals surface area contributed by atoms with Crippen LogP contribution in [0.2, 0.25) is 0 Å². The number of carbonyl (C=O) groups is 2. The third kappa shape index (κ3) is 5.52. The Kier molecular flexibility index (Phi) is 5.63. The Balaban J connectivity index is 1.87. The summed E-state index contributed by atoms with van der Waals surface area (Å²) in [4.78, 5) is 22.7. The maximum Gasteiger partial charge on any atom is 0.471 e. The monoisotopic (exact) mass is 352 g/mol. The number of ether oxygens (including phenoxy) is 1. The van der Waals surface area contributed by atoms with Gasteiger partial charge in [0, 0.05) is 11.4 Å². The van der Waals surface area contributed by atoms with Gasteiger partial charge in [-0.2, -0.15) is 13.2 Å². The molecule has 132 valence electrons. The van der Waals surface area contributed by atoms with Gasteiger partial charge >= 0.3 is 12.1 Å². The molecular weight excluding hydrogens is 337 g/mol. The number of carbonyl (C=O) groups excluding carboxylic acids is 2. The summed E-state index contributed by atoms with van der Waals surface area (Å²) in [5.74, 6) is -1.89. The molecule has 8 heteroatoms. The third-order valence-corrected chi connectivity index (χ3v) is 3.14. The molecule has 5 nitrogen and oxygen atoms in total. The van der Waals surface area contributed by atoms with Crippen molar-refractivity contribution in [3.63, 3.8) is 0 Å². The van der Waals surface area contributed by atoms with Gasteiger partial charge in [-0.25, -0.2) is 0 Å². The van der Waals surface area contributed by atoms with E-state index >= 15 is 0 Å². The van der Waals surface area contributed by atoms with Crippen molar-refractivity contribution in [1.29, 1.82) is 0 Å². The van der Waals surface area contributed by atoms with Crippen LogP contribution in [0.4, 0.5) is 24.5 Å². The fourth-order valence-electron chi connectivity index (χ4n) is 1.90. The molecule has 25 heavy (non-hydrogen) atoms. The van der Waals surface area contributed by atoms with E-state index in [0.717, 1.165) is 5.56 Å². The maximum atomic E-state index is 12.2. The van der Waals surface area contributed by atoms with E-state index < -0.39 is 18.0 Å². The Bertz CT molecular complexity index is 758. The molecular formula is C17H15F3N2O3. The summed E-state index contributed by atoms with van der Waals surface area (Å²) in [6.45, 7) is 1.64. The first-order valence-corrected chi connectivity index (χ1v) is 7.22. The van der Waals surface area contributed by atoms with Crippen LogP contribution in [0.15, 0.2) is 48.5 Å². The summed E-state index contributed by atoms with van der Waals surface area (Å²) in [6.07, 6.45) is -4.96. The molecule has 0 bridgehead atoms. The highest BCUT2D eigenvalue weighted by Crippen LogP contribution is 2.20. The molecule has 0 spiro atoms. The Labute approximate surface area is 141 Å². The first-order valence-electron chi connectivity index (χ1n) is 7.22. The Morgan fingerprint density at radius 2 is 1.52 bits per heavy atom. The molecule has 0 atom stereocenters. The standard InChI is InChI=1S/C17H15F3N2O3/c1-11-4-2-3-5-14(11)25-10-15(23)21-12-6-8-13(9-7-12)22-16(24)17(18,19)20/h2-9H,10H2,1H3,(H,21,23)(H,22,24). The van der Waals surface area contributed by atoms with Gasteiger partial charge in [0.2, 0.25) is 0 Å². The lowest BCUT2D eigenvalue weighted by Crippen LogP contribution is -2.29. The molecule has 0 aliphatic carbocycles. The van der Waals surface area contributed by atoms with Crippen LogP contribution in [0, 0.1) is 6.92 Å². The van der Waals surface area contributed by atoms with Crippen molar-refractivity contribution >= 4 is 23.2 Å². The van der Waals surface area contributed by atoms with E-state index in [9.17, 15) is 22.8 Å². The predicted octanol–water partition coefficient (Wildman–Crippen LogP) is 3.51. The summed E-state index contributed by atoms with van der Waals surface area (Å²) < 4.78 is 41.9. The highest BCUT2D eigenvalue weighted by atomic mass is 19.4. The second-order valence-corrected chi connectivity index (χ2v) is 5.13. The van der Waals surface area contributed by atoms with Crippen molar-refractivity contribution in [2.45, 2.75) is 13.1 Å². The first kappa shape index (κ1) is 18.3. The van der Waals surface area contributed by atoms with Gasteiger partial charge < -0.3 is 15.4 Å². The summed E-state index contributed by atoms with van der Waals surface area (Å²) in [7, 11) is 0. The van der Waals surface area contributed by atoms with Gasteiger partial charge in [0.1, 0.15) is 5.75 Å². The first-order chi connectivity index (χ1) is 11.8. The summed E-state index contributed by atoms with van der Waals surface area (Å²) in [6, 6.07) is 12.5. The van der Waals surface area contributed by atoms with Gasteiger partial charge in [-0.1, -0.05) is 18.2 Å². The van der Waals surface area contributed by atoms with Gasteiger partial charge in [-0.3, -0.25) is 9.59 Å². The van der Waals surface area contributed by atoms with Crippen LogP contribution in [0.3, 0.4) is 0 Å². The van der Waals surface area contributed by atoms with Gasteiger partial charge in [-0.05, 0) is 42.8 Å². The van der Waals surface area contributed by atoms with Crippen LogP contribution in [0.1, 0.15) is 5.56 Å². The van der Waals surface area contributed by atoms with Gasteiger partial charge in [0.05, 0.1) is 0 Å². The quantitative estimate of drug-likeness (QED) is 0.865. The predicted molar refractivity (Wildman–Crippen MR) is 86.4 cm³/mol. The van der Waals surface area contributed by atoms with Crippen molar-refractivity contribution in [1.82, 2.24) is 0 Å². The van der Waals surface area contributed by atoms with Crippen molar-refractivity contribution in [2.75, 3.05) is 17.2 Å². The molecule has 0 unspecified atom stereocenters. The SMILES string of the molecule is Cc1ccccc1OCC(=O)Nc1ccc(NC(=O)C(F)(F)F)cc1. The normalized spacial score (nSPS) is 10.9. The van der Waals surface area contributed by atoms with Crippen LogP contribution in [-0.2, 0) is 9.59 Å². The van der Waals surface area contributed by atoms with E-state index in [0.29, 0.717) is 11.4 Å². The van der Waals surface area contributed by atoms with E-state index in [2.05, 4.69) is 5.32 Å². The minimum atomic E-state index is -4.96. The number of hydrogen-bond donors (Lipinski definition) is 2. The van der Waals surface area contributed by atoms with Gasteiger partial charge in [-0.15, -0.1) is 0 Å². The molecule has 0 aliphatic heterocycles. The average Bonchev–Trinajstić information content (AvgIpc) is 2.55. The summed E-state index contributed by atoms with van der Waals surface area (Å²) in [5, 5.41) is 4.26. The number of benzene rings is 2. The number of rotatable bonds is 5. The summed E-state index contributed by atoms with van der Waals surface area (Å²) in [5.41, 5.74) is 1.22. The fourth-order valence-corrected chi connectivity index (χ4v) is 1.90. The maximum absolute atomic E-state index is 12.2. The lowest BCUT2D eigenvalue weighted by molar-refractivity contribution is -0.167. The van der Waals surface area contributed by atoms with E-state index in [1.54, 1.807) is 17.4 Å². The highest BCUT2D eigenvalue weighted by molar-refractivity contribution is 5.95. The minimum Gasteiger partial charge on any atom is -0.483 e. The third-order valence-electron chi connectivity index (χ3n) is 3.14. The zero-order valence-electron chi connectivity index (χ0n) is 13.2. The minimum absolute atomic E-state index is 0.0310. The van der Waals surface area contributed by atoms with Crippen LogP contribution in [-0.4, -0.2) is 24.6 Å². The van der Waals surface area contributed by atoms with Gasteiger partial charge in [0.15, 0.2) is 6.61 Å². The molecule has 0 aromatic heterocycles. The number of hydrogen-bond acceptors (Lipinski definition) is 3. The number of anilines is 2. The van der Waals surface area contributed by atoms with Crippen LogP contribution < -0.4 is 15.4 Å². The molecule has 0 saturated carbocycles. The molecule has 2 amide bonds. The molecule has 2 rings (SSSR count). The molecule has 0 saturated heterocycles. The molecule has 0 heterocycles. The van der Waals surface area contributed by atoms with Gasteiger partial charge in [0.25, 0.3) is 5.91 Å². The topological polar surface area (TPSA) is 67.4 Å². The number of halogens is 3. The van der Waals surface area contributed by atoms with E-state index in [4.69, 9.17) is 4.74 Å². The number of nitrogens with one attached hydrogen (secondary N) is 2. The molecule has 2 N–H and O–H groups in total. The molecule has 2 aromatic carbocycles. The zero-order valence-corrected chi connectivity index (χ0v) is 13.2. The Morgan fingerprint density at radius 1 is 0.960 bits per heavy atom. The smallest absolute Gasteiger partial charge is 0.471 e. The number of aryl methyl sites for hydroxylation is 1.